The molecule has 1 amide bonds. The minimum absolute atomic E-state index is 0.0562. The minimum atomic E-state index is 0.0562. The number of carbonyl (C=O) groups is 1. The van der Waals surface area contributed by atoms with Crippen LogP contribution >= 0.6 is 0 Å². The van der Waals surface area contributed by atoms with Crippen LogP contribution in [0, 0.1) is 0 Å². The van der Waals surface area contributed by atoms with Gasteiger partial charge in [-0.1, -0.05) is 26.3 Å². The summed E-state index contributed by atoms with van der Waals surface area (Å²) in [4.78, 5) is 16.0. The van der Waals surface area contributed by atoms with Gasteiger partial charge in [-0.25, -0.2) is 4.98 Å². The van der Waals surface area contributed by atoms with Crippen molar-refractivity contribution < 1.29 is 10.1 Å². The maximum atomic E-state index is 11.7. The second-order valence-corrected chi connectivity index (χ2v) is 5.48. The van der Waals surface area contributed by atoms with Crippen LogP contribution in [0.5, 0.6) is 0 Å². The molecule has 0 saturated carbocycles. The maximum absolute atomic E-state index is 11.7. The van der Waals surface area contributed by atoms with Crippen LogP contribution in [0.4, 0.5) is 5.82 Å². The van der Waals surface area contributed by atoms with E-state index in [4.69, 9.17) is 0 Å². The molecule has 1 saturated heterocycles. The molecule has 0 atom stereocenters. The highest BCUT2D eigenvalue weighted by Crippen LogP contribution is 2.41. The largest absolute Gasteiger partial charge is 0.346 e. The van der Waals surface area contributed by atoms with Crippen LogP contribution in [0.25, 0.3) is 0 Å². The molecule has 4 nitrogen and oxygen atoms in total. The summed E-state index contributed by atoms with van der Waals surface area (Å²) in [6.07, 6.45) is 5.78. The Kier molecular flexibility index (Phi) is 4.53. The highest BCUT2D eigenvalue weighted by Gasteiger charge is 2.42. The zero-order valence-electron chi connectivity index (χ0n) is 11.9. The average Bonchev–Trinajstić information content (AvgIpc) is 2.40. The minimum Gasteiger partial charge on any atom is -0.346 e. The molecule has 3 N–H and O–H groups in total. The van der Waals surface area contributed by atoms with Gasteiger partial charge in [0.05, 0.1) is 13.1 Å². The highest BCUT2D eigenvalue weighted by atomic mass is 16.1. The predicted octanol–water partition coefficient (Wildman–Crippen LogP) is 1.44. The fraction of sp³-hybridized carbons (Fsp3) is 0.600. The fourth-order valence-electron chi connectivity index (χ4n) is 2.98. The van der Waals surface area contributed by atoms with Crippen molar-refractivity contribution in [1.82, 2.24) is 4.98 Å². The summed E-state index contributed by atoms with van der Waals surface area (Å²) in [6, 6.07) is 4.09. The normalized spacial score (nSPS) is 20.0. The molecule has 3 heterocycles. The second-order valence-electron chi connectivity index (χ2n) is 5.48. The number of carbonyl (C=O) groups excluding carboxylic acids is 1. The molecule has 0 radical (unpaired) electrons. The van der Waals surface area contributed by atoms with Crippen molar-refractivity contribution in [3.8, 4) is 0 Å². The first-order valence-electron chi connectivity index (χ1n) is 7.29. The first kappa shape index (κ1) is 14.0. The smallest absolute Gasteiger partial charge is 0.226 e. The molecule has 2 aliphatic rings. The number of amides is 1. The number of nitrogens with zero attached hydrogens (tertiary/aromatic N) is 1. The van der Waals surface area contributed by atoms with Gasteiger partial charge in [0.25, 0.3) is 0 Å². The van der Waals surface area contributed by atoms with E-state index in [1.807, 2.05) is 6.07 Å². The standard InChI is InChI=1S/C12H15N3O.C3H8/c16-10-8-12(3-6-13-7-4-12)9-2-1-5-14-11(9)15-10;1-3-2/h1-2,5,13H,3-4,6-8H2,(H,14,15,16);3H2,1-2H3/p+1. The Labute approximate surface area is 115 Å². The lowest BCUT2D eigenvalue weighted by molar-refractivity contribution is -0.665. The zero-order chi connectivity index (χ0) is 13.7. The van der Waals surface area contributed by atoms with Gasteiger partial charge in [0.2, 0.25) is 5.91 Å². The topological polar surface area (TPSA) is 58.6 Å². The van der Waals surface area contributed by atoms with Crippen molar-refractivity contribution in [2.24, 2.45) is 0 Å². The number of piperidine rings is 1. The first-order valence-corrected chi connectivity index (χ1v) is 7.29. The summed E-state index contributed by atoms with van der Waals surface area (Å²) in [5.74, 6) is 0.897. The van der Waals surface area contributed by atoms with Crippen LogP contribution in [0.15, 0.2) is 18.3 Å². The van der Waals surface area contributed by atoms with Crippen LogP contribution in [0.1, 0.15) is 45.1 Å². The molecule has 0 aliphatic carbocycles. The molecule has 4 heteroatoms. The molecule has 19 heavy (non-hydrogen) atoms. The number of nitrogens with one attached hydrogen (secondary N) is 1. The number of quaternary nitrogens is 1. The number of hydrogen-bond donors (Lipinski definition) is 2. The summed E-state index contributed by atoms with van der Waals surface area (Å²) >= 11 is 0. The third kappa shape index (κ3) is 2.95. The van der Waals surface area contributed by atoms with E-state index in [1.54, 1.807) is 6.20 Å². The van der Waals surface area contributed by atoms with Gasteiger partial charge in [0.1, 0.15) is 5.82 Å². The molecule has 1 aromatic rings. The Hall–Kier alpha value is -1.42. The third-order valence-electron chi connectivity index (χ3n) is 3.79. The van der Waals surface area contributed by atoms with Crippen molar-refractivity contribution in [2.45, 2.75) is 44.9 Å². The fourth-order valence-corrected chi connectivity index (χ4v) is 2.98. The van der Waals surface area contributed by atoms with E-state index >= 15 is 0 Å². The van der Waals surface area contributed by atoms with Gasteiger partial charge in [-0.05, 0) is 6.07 Å². The van der Waals surface area contributed by atoms with Gasteiger partial charge in [0, 0.05) is 36.4 Å². The van der Waals surface area contributed by atoms with E-state index < -0.39 is 0 Å². The van der Waals surface area contributed by atoms with Crippen LogP contribution in [-0.2, 0) is 10.2 Å². The summed E-state index contributed by atoms with van der Waals surface area (Å²) in [5, 5.41) is 5.20. The summed E-state index contributed by atoms with van der Waals surface area (Å²) in [6.45, 7) is 6.48. The number of anilines is 1. The average molecular weight is 262 g/mol. The van der Waals surface area contributed by atoms with E-state index in [-0.39, 0.29) is 11.3 Å². The van der Waals surface area contributed by atoms with Crippen LogP contribution in [0.3, 0.4) is 0 Å². The Bertz CT molecular complexity index is 439. The molecule has 1 spiro atoms. The van der Waals surface area contributed by atoms with E-state index in [0.717, 1.165) is 31.7 Å². The summed E-state index contributed by atoms with van der Waals surface area (Å²) in [7, 11) is 0. The van der Waals surface area contributed by atoms with Crippen molar-refractivity contribution in [1.29, 1.82) is 0 Å². The van der Waals surface area contributed by atoms with Crippen molar-refractivity contribution in [3.05, 3.63) is 23.9 Å². The second kappa shape index (κ2) is 6.15. The molecule has 1 aromatic heterocycles. The van der Waals surface area contributed by atoms with Crippen LogP contribution < -0.4 is 10.6 Å². The lowest BCUT2D eigenvalue weighted by Crippen LogP contribution is -2.87. The highest BCUT2D eigenvalue weighted by molar-refractivity contribution is 5.94. The SMILES string of the molecule is CCC.O=C1CC2(CC[NH2+]CC2)c2cccnc2N1. The maximum Gasteiger partial charge on any atom is 0.226 e. The number of nitrogens with two attached hydrogens (primary N) is 1. The number of aromatic nitrogens is 1. The quantitative estimate of drug-likeness (QED) is 0.743. The predicted molar refractivity (Wildman–Crippen MR) is 76.0 cm³/mol. The lowest BCUT2D eigenvalue weighted by atomic mass is 9.69. The lowest BCUT2D eigenvalue weighted by Gasteiger charge is -2.39. The summed E-state index contributed by atoms with van der Waals surface area (Å²) in [5.41, 5.74) is 1.29. The molecular formula is C15H24N3O+. The molecule has 0 unspecified atom stereocenters. The van der Waals surface area contributed by atoms with Crippen molar-refractivity contribution in [3.63, 3.8) is 0 Å². The Morgan fingerprint density at radius 1 is 1.37 bits per heavy atom. The van der Waals surface area contributed by atoms with Gasteiger partial charge in [0.15, 0.2) is 0 Å². The van der Waals surface area contributed by atoms with E-state index in [9.17, 15) is 4.79 Å². The zero-order valence-corrected chi connectivity index (χ0v) is 11.9. The van der Waals surface area contributed by atoms with Gasteiger partial charge >= 0.3 is 0 Å². The van der Waals surface area contributed by atoms with E-state index in [1.165, 1.54) is 12.0 Å². The monoisotopic (exact) mass is 262 g/mol. The Morgan fingerprint density at radius 2 is 2.05 bits per heavy atom. The molecule has 104 valence electrons. The Morgan fingerprint density at radius 3 is 2.74 bits per heavy atom. The first-order chi connectivity index (χ1) is 9.22. The number of pyridine rings is 1. The molecule has 1 fully saturated rings. The van der Waals surface area contributed by atoms with Gasteiger partial charge < -0.3 is 10.6 Å². The third-order valence-corrected chi connectivity index (χ3v) is 3.79. The molecular weight excluding hydrogens is 238 g/mol. The van der Waals surface area contributed by atoms with Gasteiger partial charge in [-0.3, -0.25) is 4.79 Å². The molecule has 0 aromatic carbocycles. The van der Waals surface area contributed by atoms with Crippen molar-refractivity contribution >= 4 is 11.7 Å². The number of rotatable bonds is 0. The van der Waals surface area contributed by atoms with Gasteiger partial charge in [-0.15, -0.1) is 0 Å². The number of hydrogen-bond acceptors (Lipinski definition) is 2. The Balaban J connectivity index is 0.000000408. The van der Waals surface area contributed by atoms with Gasteiger partial charge in [-0.2, -0.15) is 0 Å². The van der Waals surface area contributed by atoms with Crippen LogP contribution in [0.2, 0.25) is 0 Å². The molecule has 3 rings (SSSR count). The van der Waals surface area contributed by atoms with Crippen LogP contribution in [-0.4, -0.2) is 24.0 Å². The van der Waals surface area contributed by atoms with E-state index in [0.29, 0.717) is 6.42 Å². The number of fused-ring (bicyclic) bond motifs is 2. The molecule has 0 bridgehead atoms. The summed E-state index contributed by atoms with van der Waals surface area (Å²) < 4.78 is 0. The van der Waals surface area contributed by atoms with Crippen molar-refractivity contribution in [2.75, 3.05) is 18.4 Å². The van der Waals surface area contributed by atoms with E-state index in [2.05, 4.69) is 35.5 Å². The molecule has 2 aliphatic heterocycles.